The number of hydrogen-bond acceptors (Lipinski definition) is 15. The molecule has 108 heavy (non-hydrogen) atoms. The monoisotopic (exact) mass is 1500 g/mol. The van der Waals surface area contributed by atoms with Crippen molar-refractivity contribution in [1.82, 2.24) is 35.1 Å². The Morgan fingerprint density at radius 2 is 1.02 bits per heavy atom. The van der Waals surface area contributed by atoms with E-state index in [1.807, 2.05) is 55.5 Å². The number of anilines is 8. The molecule has 14 rings (SSSR count). The zero-order valence-electron chi connectivity index (χ0n) is 61.9. The fraction of sp³-hybridized carbons (Fsp3) is 0.519. The Morgan fingerprint density at radius 1 is 0.565 bits per heavy atom. The molecule has 576 valence electrons. The average molecular weight is 1500 g/mol. The van der Waals surface area contributed by atoms with Crippen molar-refractivity contribution >= 4 is 92.2 Å². The van der Waals surface area contributed by atoms with Crippen molar-refractivity contribution in [1.29, 1.82) is 0 Å². The molecular formula is C79H93F8N15O6. The van der Waals surface area contributed by atoms with Crippen molar-refractivity contribution in [2.45, 2.75) is 194 Å². The highest BCUT2D eigenvalue weighted by Crippen LogP contribution is 2.51. The molecule has 6 bridgehead atoms. The van der Waals surface area contributed by atoms with Crippen LogP contribution in [0.4, 0.5) is 90.6 Å². The number of carbonyl (C=O) groups is 6. The fourth-order valence-electron chi connectivity index (χ4n) is 14.8. The summed E-state index contributed by atoms with van der Waals surface area (Å²) in [6.45, 7) is 17.1. The molecule has 0 spiro atoms. The van der Waals surface area contributed by atoms with Crippen molar-refractivity contribution in [3.63, 3.8) is 0 Å². The molecule has 29 heteroatoms. The number of ketones is 3. The number of hydrogen-bond donors (Lipinski definition) is 3. The standard InChI is InChI=1S/C28H35F3N4O2.C27H34F3N5O2.C24H24F2N6O2/c1-4-18(2)7-8-20-9-11-21(12-10-20)32-27(37)35-22-6-5-15-34(17-22)24-14-13-23(33-26(24)35)25(36)16-19(3)28(29,30)31;1-4-17(2)7-8-19-9-10-20(15-31-19)32-26(37)35-21-6-5-13-34(16-21)23-12-11-22(33-25(23)35)24(36)14-18(3)27(28,29)30;1-13-4-5-16-18(29-30-22(16)27-13)10-21(34)32-15-3-2-8-31(12-15)19-7-6-17(28-23(19)32)20(33)9-14-11-24(14,25)26/h9-14,18-19,22H,4-8,15-17H2,1-3H3,(H,32,37);9-12,15,17-18,21H,4-8,13-14,16H2,1-3H3,(H,32,37);4-7,14-15H,2-3,8-12H2,1H3,(H,27,29,30)/t18-,19-,22-;17-,18+,21+;14-,15+/m011/s1. The highest BCUT2D eigenvalue weighted by molar-refractivity contribution is 6.07. The van der Waals surface area contributed by atoms with Gasteiger partial charge < -0.3 is 25.3 Å². The van der Waals surface area contributed by atoms with Gasteiger partial charge in [-0.2, -0.15) is 31.4 Å². The Kier molecular flexibility index (Phi) is 23.5. The molecule has 0 radical (unpaired) electrons. The lowest BCUT2D eigenvalue weighted by Crippen LogP contribution is -2.56. The Morgan fingerprint density at radius 3 is 1.48 bits per heavy atom. The minimum Gasteiger partial charge on any atom is -0.366 e. The number of carbonyl (C=O) groups excluding carboxylic acids is 6. The summed E-state index contributed by atoms with van der Waals surface area (Å²) in [6, 6.07) is 23.9. The number of rotatable bonds is 21. The van der Waals surface area contributed by atoms with Crippen LogP contribution in [0.3, 0.4) is 0 Å². The van der Waals surface area contributed by atoms with E-state index in [0.29, 0.717) is 83.0 Å². The van der Waals surface area contributed by atoms with E-state index in [1.54, 1.807) is 45.2 Å². The predicted octanol–water partition coefficient (Wildman–Crippen LogP) is 16.5. The zero-order valence-corrected chi connectivity index (χ0v) is 61.9. The maximum atomic E-state index is 13.6. The lowest BCUT2D eigenvalue weighted by molar-refractivity contribution is -0.169. The first kappa shape index (κ1) is 77.9. The van der Waals surface area contributed by atoms with Crippen LogP contribution in [0.1, 0.15) is 186 Å². The number of nitrogens with one attached hydrogen (secondary N) is 3. The summed E-state index contributed by atoms with van der Waals surface area (Å²) < 4.78 is 105. The topological polar surface area (TPSA) is 239 Å². The highest BCUT2D eigenvalue weighted by Gasteiger charge is 2.57. The predicted molar refractivity (Wildman–Crippen MR) is 398 cm³/mol. The minimum absolute atomic E-state index is 0.0560. The van der Waals surface area contributed by atoms with Crippen LogP contribution in [0.2, 0.25) is 0 Å². The molecule has 1 aliphatic carbocycles. The van der Waals surface area contributed by atoms with Crippen molar-refractivity contribution in [2.75, 3.05) is 79.3 Å². The van der Waals surface area contributed by atoms with E-state index in [9.17, 15) is 63.9 Å². The highest BCUT2D eigenvalue weighted by atomic mass is 19.4. The van der Waals surface area contributed by atoms with Crippen LogP contribution in [-0.4, -0.2) is 146 Å². The molecule has 7 aromatic rings. The number of H-pyrrole nitrogens is 1. The van der Waals surface area contributed by atoms with Gasteiger partial charge in [0.1, 0.15) is 17.1 Å². The second kappa shape index (κ2) is 32.6. The van der Waals surface area contributed by atoms with Crippen LogP contribution in [0, 0.1) is 36.5 Å². The molecule has 0 unspecified atom stereocenters. The van der Waals surface area contributed by atoms with Crippen molar-refractivity contribution in [3.8, 4) is 0 Å². The fourth-order valence-corrected chi connectivity index (χ4v) is 14.8. The maximum Gasteiger partial charge on any atom is 0.391 e. The van der Waals surface area contributed by atoms with Crippen LogP contribution in [-0.2, 0) is 24.1 Å². The smallest absolute Gasteiger partial charge is 0.366 e. The Labute approximate surface area is 622 Å². The van der Waals surface area contributed by atoms with Crippen LogP contribution in [0.15, 0.2) is 91.1 Å². The summed E-state index contributed by atoms with van der Waals surface area (Å²) in [5.74, 6) is -6.82. The number of piperidine rings is 3. The maximum absolute atomic E-state index is 13.6. The number of urea groups is 2. The molecule has 1 saturated carbocycles. The molecule has 3 N–H and O–H groups in total. The number of pyridine rings is 5. The Hall–Kier alpha value is -9.70. The quantitative estimate of drug-likeness (QED) is 0.0448. The van der Waals surface area contributed by atoms with E-state index in [1.165, 1.54) is 17.7 Å². The van der Waals surface area contributed by atoms with Gasteiger partial charge in [-0.05, 0) is 161 Å². The SMILES string of the molecule is CC[C@@H](C)CCc1ccc(NC(=O)N2c3nc(C(=O)C[C@H](C)C(F)(F)F)ccc3N3CCC[C@H]2C3)cn1.CC[C@H](C)CCc1ccc(NC(=O)N2c3nc(C(=O)C[C@H](C)C(F)(F)F)ccc3N3CCC[C@H]2C3)cc1.Cc1ccc2c(CC(=O)N3c4nc(C(=O)C[C@@H]5CC5(F)F)ccc4N4CCC[C@H]3C4)[nH]nc2n1. The van der Waals surface area contributed by atoms with Crippen molar-refractivity contribution < 1.29 is 63.9 Å². The summed E-state index contributed by atoms with van der Waals surface area (Å²) in [5.41, 5.74) is 7.67. The molecule has 4 fully saturated rings. The van der Waals surface area contributed by atoms with Crippen LogP contribution < -0.4 is 40.0 Å². The van der Waals surface area contributed by atoms with Gasteiger partial charge in [-0.1, -0.05) is 66.5 Å². The second-order valence-electron chi connectivity index (χ2n) is 30.2. The Bertz CT molecular complexity index is 4270. The van der Waals surface area contributed by atoms with Gasteiger partial charge in [0.25, 0.3) is 5.92 Å². The average Bonchev–Trinajstić information content (AvgIpc) is 0.784. The first-order valence-electron chi connectivity index (χ1n) is 37.7. The number of aryl methyl sites for hydroxylation is 3. The zero-order chi connectivity index (χ0) is 77.1. The van der Waals surface area contributed by atoms with Crippen molar-refractivity contribution in [2.24, 2.45) is 29.6 Å². The van der Waals surface area contributed by atoms with E-state index >= 15 is 0 Å². The van der Waals surface area contributed by atoms with E-state index in [-0.39, 0.29) is 66.4 Å². The molecule has 6 aliphatic heterocycles. The van der Waals surface area contributed by atoms with Gasteiger partial charge in [0.05, 0.1) is 71.0 Å². The third kappa shape index (κ3) is 18.0. The number of Topliss-reactive ketones (excluding diaryl/α,β-unsaturated/α-hetero) is 3. The van der Waals surface area contributed by atoms with Crippen LogP contribution in [0.25, 0.3) is 11.0 Å². The number of fused-ring (bicyclic) bond motifs is 13. The van der Waals surface area contributed by atoms with Gasteiger partial charge >= 0.3 is 24.4 Å². The lowest BCUT2D eigenvalue weighted by atomic mass is 9.98. The summed E-state index contributed by atoms with van der Waals surface area (Å²) in [7, 11) is 0. The lowest BCUT2D eigenvalue weighted by Gasteiger charge is -2.46. The number of halogens is 8. The summed E-state index contributed by atoms with van der Waals surface area (Å²) in [4.78, 5) is 112. The van der Waals surface area contributed by atoms with Crippen molar-refractivity contribution in [3.05, 3.63) is 131 Å². The molecule has 1 aromatic carbocycles. The number of aromatic amines is 1. The largest absolute Gasteiger partial charge is 0.391 e. The normalized spacial score (nSPS) is 19.9. The first-order valence-corrected chi connectivity index (χ1v) is 37.7. The summed E-state index contributed by atoms with van der Waals surface area (Å²) >= 11 is 0. The molecule has 8 atom stereocenters. The number of nitrogens with zero attached hydrogens (tertiary/aromatic N) is 12. The first-order chi connectivity index (χ1) is 51.4. The third-order valence-corrected chi connectivity index (χ3v) is 22.1. The molecule has 7 aliphatic rings. The van der Waals surface area contributed by atoms with Gasteiger partial charge in [-0.3, -0.25) is 44.0 Å². The molecular weight excluding hydrogens is 1410 g/mol. The van der Waals surface area contributed by atoms with E-state index in [2.05, 4.69) is 88.1 Å². The molecule has 3 saturated heterocycles. The van der Waals surface area contributed by atoms with Crippen LogP contribution >= 0.6 is 0 Å². The number of aromatic nitrogens is 7. The van der Waals surface area contributed by atoms with E-state index in [4.69, 9.17) is 0 Å². The summed E-state index contributed by atoms with van der Waals surface area (Å²) in [6.07, 6.45) is 2.34. The minimum atomic E-state index is -4.46. The summed E-state index contributed by atoms with van der Waals surface area (Å²) in [5, 5.41) is 13.8. The third-order valence-electron chi connectivity index (χ3n) is 22.1. The molecule has 5 amide bonds. The molecule has 12 heterocycles. The van der Waals surface area contributed by atoms with E-state index in [0.717, 1.165) is 133 Å². The van der Waals surface area contributed by atoms with Gasteiger partial charge in [-0.15, -0.1) is 0 Å². The Balaban J connectivity index is 0.000000151. The van der Waals surface area contributed by atoms with Gasteiger partial charge in [0, 0.05) is 93.3 Å². The van der Waals surface area contributed by atoms with Crippen LogP contribution in [0.5, 0.6) is 0 Å². The molecule has 6 aromatic heterocycles. The molecule has 21 nitrogen and oxygen atoms in total. The number of benzene rings is 1. The number of amides is 5. The van der Waals surface area contributed by atoms with E-state index < -0.39 is 72.3 Å². The van der Waals surface area contributed by atoms with Gasteiger partial charge in [0.15, 0.2) is 40.5 Å². The van der Waals surface area contributed by atoms with Gasteiger partial charge in [-0.25, -0.2) is 38.3 Å². The number of alkyl halides is 8. The second-order valence-corrected chi connectivity index (χ2v) is 30.2. The van der Waals surface area contributed by atoms with Gasteiger partial charge in [0.2, 0.25) is 5.91 Å².